The second-order valence-electron chi connectivity index (χ2n) is 6.60. The molecule has 0 bridgehead atoms. The maximum absolute atomic E-state index is 12.3. The van der Waals surface area contributed by atoms with Crippen LogP contribution in [-0.4, -0.2) is 30.1 Å². The zero-order valence-corrected chi connectivity index (χ0v) is 14.6. The highest BCUT2D eigenvalue weighted by atomic mass is 16.5. The first-order valence-corrected chi connectivity index (χ1v) is 8.58. The van der Waals surface area contributed by atoms with Gasteiger partial charge in [-0.3, -0.25) is 9.59 Å². The average Bonchev–Trinajstić information content (AvgIpc) is 3.23. The Morgan fingerprint density at radius 3 is 2.92 bits per heavy atom. The lowest BCUT2D eigenvalue weighted by molar-refractivity contribution is -0.126. The van der Waals surface area contributed by atoms with Crippen LogP contribution in [0.3, 0.4) is 0 Å². The zero-order valence-electron chi connectivity index (χ0n) is 14.6. The number of amides is 2. The summed E-state index contributed by atoms with van der Waals surface area (Å²) in [5.41, 5.74) is 4.23. The van der Waals surface area contributed by atoms with Gasteiger partial charge in [-0.25, -0.2) is 0 Å². The monoisotopic (exact) mass is 341 g/mol. The molecule has 0 radical (unpaired) electrons. The molecule has 1 atom stereocenters. The topological polar surface area (TPSA) is 75.4 Å². The van der Waals surface area contributed by atoms with Crippen molar-refractivity contribution in [3.63, 3.8) is 0 Å². The molecule has 1 aliphatic rings. The molecule has 3 rings (SSSR count). The Morgan fingerprint density at radius 1 is 1.36 bits per heavy atom. The van der Waals surface area contributed by atoms with Crippen LogP contribution in [0.4, 0.5) is 5.69 Å². The van der Waals surface area contributed by atoms with Crippen LogP contribution in [0.25, 0.3) is 0 Å². The van der Waals surface area contributed by atoms with Gasteiger partial charge in [-0.2, -0.15) is 0 Å². The van der Waals surface area contributed by atoms with Gasteiger partial charge in [0.05, 0.1) is 12.1 Å². The van der Waals surface area contributed by atoms with Gasteiger partial charge in [0.1, 0.15) is 6.26 Å². The van der Waals surface area contributed by atoms with Gasteiger partial charge in [0.2, 0.25) is 11.8 Å². The molecule has 1 aromatic heterocycles. The molecule has 0 aliphatic carbocycles. The fourth-order valence-electron chi connectivity index (χ4n) is 3.02. The predicted octanol–water partition coefficient (Wildman–Crippen LogP) is 2.39. The number of hydrogen-bond donors (Lipinski definition) is 1. The molecular formula is C19H23N3O3. The molecular weight excluding hydrogens is 318 g/mol. The van der Waals surface area contributed by atoms with E-state index < -0.39 is 0 Å². The maximum atomic E-state index is 12.3. The van der Waals surface area contributed by atoms with E-state index >= 15 is 0 Å². The Balaban J connectivity index is 1.51. The summed E-state index contributed by atoms with van der Waals surface area (Å²) in [5, 5.41) is 6.58. The van der Waals surface area contributed by atoms with E-state index in [2.05, 4.69) is 10.5 Å². The van der Waals surface area contributed by atoms with Gasteiger partial charge in [-0.15, -0.1) is 0 Å². The van der Waals surface area contributed by atoms with Crippen molar-refractivity contribution < 1.29 is 14.1 Å². The number of aromatic nitrogens is 1. The molecule has 6 heteroatoms. The van der Waals surface area contributed by atoms with Gasteiger partial charge >= 0.3 is 0 Å². The summed E-state index contributed by atoms with van der Waals surface area (Å²) in [7, 11) is 0. The summed E-state index contributed by atoms with van der Waals surface area (Å²) in [5.74, 6) is -0.331. The summed E-state index contributed by atoms with van der Waals surface area (Å²) in [6.45, 7) is 5.09. The van der Waals surface area contributed by atoms with Crippen molar-refractivity contribution in [2.24, 2.45) is 5.92 Å². The highest BCUT2D eigenvalue weighted by Crippen LogP contribution is 2.26. The quantitative estimate of drug-likeness (QED) is 0.819. The molecule has 1 fully saturated rings. The van der Waals surface area contributed by atoms with Gasteiger partial charge in [-0.1, -0.05) is 11.2 Å². The third-order valence-electron chi connectivity index (χ3n) is 4.72. The van der Waals surface area contributed by atoms with Crippen molar-refractivity contribution in [3.05, 3.63) is 47.3 Å². The van der Waals surface area contributed by atoms with Crippen LogP contribution in [0.2, 0.25) is 0 Å². The van der Waals surface area contributed by atoms with E-state index in [0.717, 1.165) is 29.7 Å². The zero-order chi connectivity index (χ0) is 17.8. The molecule has 1 N–H and O–H groups in total. The van der Waals surface area contributed by atoms with Crippen molar-refractivity contribution in [2.45, 2.75) is 33.1 Å². The van der Waals surface area contributed by atoms with Crippen LogP contribution >= 0.6 is 0 Å². The second kappa shape index (κ2) is 7.51. The summed E-state index contributed by atoms with van der Waals surface area (Å²) in [6.07, 6.45) is 5.18. The lowest BCUT2D eigenvalue weighted by atomic mass is 10.1. The second-order valence-corrected chi connectivity index (χ2v) is 6.60. The molecule has 2 heterocycles. The number of nitrogens with one attached hydrogen (secondary N) is 1. The van der Waals surface area contributed by atoms with Crippen LogP contribution in [0.15, 0.2) is 35.2 Å². The lowest BCUT2D eigenvalue weighted by Gasteiger charge is -2.18. The van der Waals surface area contributed by atoms with E-state index in [4.69, 9.17) is 4.52 Å². The SMILES string of the molecule is Cc1ccc(N2CC(C(=O)NCCCc3cnoc3)CC2=O)cc1C. The molecule has 2 aromatic rings. The Hall–Kier alpha value is -2.63. The fourth-order valence-corrected chi connectivity index (χ4v) is 3.02. The number of carbonyl (C=O) groups excluding carboxylic acids is 2. The van der Waals surface area contributed by atoms with Crippen molar-refractivity contribution in [1.82, 2.24) is 10.5 Å². The molecule has 1 aliphatic heterocycles. The molecule has 132 valence electrons. The number of aryl methyl sites for hydroxylation is 3. The smallest absolute Gasteiger partial charge is 0.227 e. The number of benzene rings is 1. The molecule has 25 heavy (non-hydrogen) atoms. The van der Waals surface area contributed by atoms with E-state index in [1.54, 1.807) is 17.4 Å². The van der Waals surface area contributed by atoms with E-state index in [9.17, 15) is 9.59 Å². The highest BCUT2D eigenvalue weighted by molar-refractivity contribution is 6.00. The van der Waals surface area contributed by atoms with Crippen molar-refractivity contribution in [2.75, 3.05) is 18.0 Å². The van der Waals surface area contributed by atoms with E-state index in [0.29, 0.717) is 13.1 Å². The highest BCUT2D eigenvalue weighted by Gasteiger charge is 2.34. The molecule has 1 unspecified atom stereocenters. The van der Waals surface area contributed by atoms with Crippen LogP contribution in [0.1, 0.15) is 29.5 Å². The first-order valence-electron chi connectivity index (χ1n) is 8.58. The van der Waals surface area contributed by atoms with Crippen molar-refractivity contribution in [3.8, 4) is 0 Å². The van der Waals surface area contributed by atoms with E-state index in [1.165, 1.54) is 5.56 Å². The Labute approximate surface area is 147 Å². The van der Waals surface area contributed by atoms with Gasteiger partial charge < -0.3 is 14.7 Å². The summed E-state index contributed by atoms with van der Waals surface area (Å²) in [6, 6.07) is 5.96. The Morgan fingerprint density at radius 2 is 2.20 bits per heavy atom. The Kier molecular flexibility index (Phi) is 5.16. The minimum Gasteiger partial charge on any atom is -0.364 e. The number of rotatable bonds is 6. The van der Waals surface area contributed by atoms with Crippen molar-refractivity contribution in [1.29, 1.82) is 0 Å². The van der Waals surface area contributed by atoms with Crippen molar-refractivity contribution >= 4 is 17.5 Å². The van der Waals surface area contributed by atoms with Crippen LogP contribution in [-0.2, 0) is 16.0 Å². The molecule has 1 aromatic carbocycles. The molecule has 2 amide bonds. The Bertz CT molecular complexity index is 755. The standard InChI is InChI=1S/C19H23N3O3/c1-13-5-6-17(8-14(13)2)22-11-16(9-18(22)23)19(24)20-7-3-4-15-10-21-25-12-15/h5-6,8,10,12,16H,3-4,7,9,11H2,1-2H3,(H,20,24). The molecule has 0 saturated carbocycles. The first kappa shape index (κ1) is 17.2. The van der Waals surface area contributed by atoms with Crippen LogP contribution in [0, 0.1) is 19.8 Å². The molecule has 1 saturated heterocycles. The number of carbonyl (C=O) groups is 2. The van der Waals surface area contributed by atoms with Gasteiger partial charge in [-0.05, 0) is 49.9 Å². The normalized spacial score (nSPS) is 17.1. The van der Waals surface area contributed by atoms with E-state index in [1.807, 2.05) is 32.0 Å². The lowest BCUT2D eigenvalue weighted by Crippen LogP contribution is -2.33. The van der Waals surface area contributed by atoms with E-state index in [-0.39, 0.29) is 24.2 Å². The van der Waals surface area contributed by atoms with Crippen LogP contribution < -0.4 is 10.2 Å². The number of hydrogen-bond acceptors (Lipinski definition) is 4. The largest absolute Gasteiger partial charge is 0.364 e. The minimum atomic E-state index is -0.287. The summed E-state index contributed by atoms with van der Waals surface area (Å²) in [4.78, 5) is 26.3. The summed E-state index contributed by atoms with van der Waals surface area (Å²) >= 11 is 0. The van der Waals surface area contributed by atoms with Gasteiger partial charge in [0.15, 0.2) is 0 Å². The third kappa shape index (κ3) is 4.07. The van der Waals surface area contributed by atoms with Gasteiger partial charge in [0, 0.05) is 30.8 Å². The fraction of sp³-hybridized carbons (Fsp3) is 0.421. The third-order valence-corrected chi connectivity index (χ3v) is 4.72. The average molecular weight is 341 g/mol. The van der Waals surface area contributed by atoms with Gasteiger partial charge in [0.25, 0.3) is 0 Å². The first-order chi connectivity index (χ1) is 12.0. The number of nitrogens with zero attached hydrogens (tertiary/aromatic N) is 2. The van der Waals surface area contributed by atoms with Crippen LogP contribution in [0.5, 0.6) is 0 Å². The minimum absolute atomic E-state index is 0.00729. The summed E-state index contributed by atoms with van der Waals surface area (Å²) < 4.78 is 4.77. The predicted molar refractivity (Wildman–Crippen MR) is 94.2 cm³/mol. The maximum Gasteiger partial charge on any atom is 0.227 e. The number of anilines is 1. The molecule has 6 nitrogen and oxygen atoms in total. The molecule has 0 spiro atoms.